The summed E-state index contributed by atoms with van der Waals surface area (Å²) >= 11 is 0. The Labute approximate surface area is 146 Å². The lowest BCUT2D eigenvalue weighted by molar-refractivity contribution is -0.142. The highest BCUT2D eigenvalue weighted by Gasteiger charge is 2.45. The first-order chi connectivity index (χ1) is 11.5. The van der Waals surface area contributed by atoms with Crippen molar-refractivity contribution in [2.75, 3.05) is 0 Å². The number of carboxylic acids is 2. The molecule has 5 N–H and O–H groups in total. The summed E-state index contributed by atoms with van der Waals surface area (Å²) in [5, 5.41) is 20.6. The maximum Gasteiger partial charge on any atom is 0.692 e. The number of hydrogen-bond donors (Lipinski definition) is 5. The first-order valence-electron chi connectivity index (χ1n) is 7.12. The van der Waals surface area contributed by atoms with Gasteiger partial charge in [-0.05, 0) is 19.1 Å². The van der Waals surface area contributed by atoms with Crippen molar-refractivity contribution < 1.29 is 38.9 Å². The molecule has 0 saturated carbocycles. The maximum atomic E-state index is 11.4. The van der Waals surface area contributed by atoms with Gasteiger partial charge < -0.3 is 15.5 Å². The third-order valence-corrected chi connectivity index (χ3v) is 2.81. The standard InChI is InChI=1S/C12H13NO5.C3H8.HO3P/c1-3-9(14)13-12(2)7(10(15)16)5-4-6-8(12)11(17)18;1-3-2;1-4(2)3/h3-7H,1H2,2H3,(H,13,14)(H,15,16)(H,17,18);3H2,1-2H3;(H-,1,2,3)/p+1. The molecule has 140 valence electrons. The molecule has 0 heterocycles. The Bertz CT molecular complexity index is 580. The molecule has 2 unspecified atom stereocenters. The van der Waals surface area contributed by atoms with Crippen molar-refractivity contribution in [2.45, 2.75) is 32.7 Å². The second-order valence-corrected chi connectivity index (χ2v) is 5.45. The van der Waals surface area contributed by atoms with Gasteiger partial charge in [-0.1, -0.05) is 39.0 Å². The molecule has 0 radical (unpaired) electrons. The molecule has 0 saturated heterocycles. The van der Waals surface area contributed by atoms with Gasteiger partial charge >= 0.3 is 20.2 Å². The molecule has 9 nitrogen and oxygen atoms in total. The summed E-state index contributed by atoms with van der Waals surface area (Å²) in [5.41, 5.74) is -1.70. The smallest absolute Gasteiger partial charge is 0.481 e. The molecule has 1 aliphatic carbocycles. The van der Waals surface area contributed by atoms with Crippen molar-refractivity contribution in [1.82, 2.24) is 5.32 Å². The van der Waals surface area contributed by atoms with Crippen LogP contribution in [0.4, 0.5) is 0 Å². The summed E-state index contributed by atoms with van der Waals surface area (Å²) in [5.74, 6) is -4.29. The fourth-order valence-electron chi connectivity index (χ4n) is 1.87. The first kappa shape index (κ1) is 24.9. The zero-order chi connectivity index (χ0) is 20.2. The van der Waals surface area contributed by atoms with Gasteiger partial charge in [0.15, 0.2) is 0 Å². The summed E-state index contributed by atoms with van der Waals surface area (Å²) in [4.78, 5) is 47.9. The lowest BCUT2D eigenvalue weighted by Crippen LogP contribution is -2.56. The number of aliphatic carboxylic acids is 2. The van der Waals surface area contributed by atoms with Crippen molar-refractivity contribution in [2.24, 2.45) is 5.92 Å². The van der Waals surface area contributed by atoms with Crippen molar-refractivity contribution >= 4 is 26.1 Å². The summed E-state index contributed by atoms with van der Waals surface area (Å²) < 4.78 is 8.70. The largest absolute Gasteiger partial charge is 0.692 e. The number of nitrogens with one attached hydrogen (secondary N) is 1. The Morgan fingerprint density at radius 3 is 2.08 bits per heavy atom. The molecular formula is C15H23NO8P+. The zero-order valence-corrected chi connectivity index (χ0v) is 15.1. The Hall–Kier alpha value is -2.35. The lowest BCUT2D eigenvalue weighted by Gasteiger charge is -2.36. The highest BCUT2D eigenvalue weighted by Crippen LogP contribution is 2.31. The van der Waals surface area contributed by atoms with Gasteiger partial charge in [-0.15, -0.1) is 9.79 Å². The minimum atomic E-state index is -2.87. The summed E-state index contributed by atoms with van der Waals surface area (Å²) in [6, 6.07) is 0. The summed E-state index contributed by atoms with van der Waals surface area (Å²) in [6.45, 7) is 8.86. The van der Waals surface area contributed by atoms with E-state index in [4.69, 9.17) is 24.6 Å². The first-order valence-corrected chi connectivity index (χ1v) is 8.28. The van der Waals surface area contributed by atoms with Crippen LogP contribution in [0.25, 0.3) is 0 Å². The van der Waals surface area contributed by atoms with Gasteiger partial charge in [-0.2, -0.15) is 0 Å². The summed E-state index contributed by atoms with van der Waals surface area (Å²) in [6.07, 6.45) is 6.16. The normalized spacial score (nSPS) is 20.5. The van der Waals surface area contributed by atoms with Gasteiger partial charge in [-0.25, -0.2) is 4.79 Å². The molecular weight excluding hydrogens is 353 g/mol. The SMILES string of the molecule is C=CC(=O)NC1(C)C(C(=O)O)=CC=CC1C(=O)O.CCC.O=[P+](O)O. The van der Waals surface area contributed by atoms with Crippen LogP contribution in [-0.2, 0) is 18.9 Å². The Morgan fingerprint density at radius 2 is 1.76 bits per heavy atom. The number of hydrogen-bond acceptors (Lipinski definition) is 4. The molecule has 25 heavy (non-hydrogen) atoms. The van der Waals surface area contributed by atoms with Crippen LogP contribution in [0.3, 0.4) is 0 Å². The second-order valence-electron chi connectivity index (χ2n) is 4.94. The maximum absolute atomic E-state index is 11.4. The summed E-state index contributed by atoms with van der Waals surface area (Å²) in [7, 11) is -2.87. The fraction of sp³-hybridized carbons (Fsp3) is 0.400. The van der Waals surface area contributed by atoms with Gasteiger partial charge in [0.25, 0.3) is 0 Å². The van der Waals surface area contributed by atoms with E-state index in [0.29, 0.717) is 0 Å². The van der Waals surface area contributed by atoms with E-state index >= 15 is 0 Å². The molecule has 0 aliphatic heterocycles. The van der Waals surface area contributed by atoms with Gasteiger partial charge in [0, 0.05) is 4.57 Å². The third-order valence-electron chi connectivity index (χ3n) is 2.81. The van der Waals surface area contributed by atoms with Crippen LogP contribution in [-0.4, -0.2) is 43.4 Å². The molecule has 0 spiro atoms. The van der Waals surface area contributed by atoms with Gasteiger partial charge in [0.1, 0.15) is 5.92 Å². The molecule has 0 bridgehead atoms. The average molecular weight is 376 g/mol. The highest BCUT2D eigenvalue weighted by molar-refractivity contribution is 7.30. The van der Waals surface area contributed by atoms with Crippen LogP contribution in [0.1, 0.15) is 27.2 Å². The fourth-order valence-corrected chi connectivity index (χ4v) is 1.87. The van der Waals surface area contributed by atoms with E-state index in [1.807, 2.05) is 0 Å². The van der Waals surface area contributed by atoms with Crippen molar-refractivity contribution in [1.29, 1.82) is 0 Å². The molecule has 0 aromatic rings. The monoisotopic (exact) mass is 376 g/mol. The Balaban J connectivity index is 0. The third kappa shape index (κ3) is 8.90. The number of carbonyl (C=O) groups is 3. The van der Waals surface area contributed by atoms with E-state index in [2.05, 4.69) is 25.7 Å². The Kier molecular flexibility index (Phi) is 12.0. The molecule has 1 amide bonds. The molecule has 0 fully saturated rings. The number of allylic oxidation sites excluding steroid dienone is 2. The number of rotatable bonds is 4. The molecule has 1 rings (SSSR count). The quantitative estimate of drug-likeness (QED) is 0.363. The molecule has 0 aromatic heterocycles. The van der Waals surface area contributed by atoms with E-state index in [1.54, 1.807) is 0 Å². The molecule has 10 heteroatoms. The van der Waals surface area contributed by atoms with E-state index < -0.39 is 37.6 Å². The highest BCUT2D eigenvalue weighted by atomic mass is 31.1. The van der Waals surface area contributed by atoms with Crippen molar-refractivity contribution in [3.63, 3.8) is 0 Å². The second kappa shape index (κ2) is 12.1. The minimum Gasteiger partial charge on any atom is -0.481 e. The van der Waals surface area contributed by atoms with Gasteiger partial charge in [-0.3, -0.25) is 9.59 Å². The van der Waals surface area contributed by atoms with Crippen molar-refractivity contribution in [3.8, 4) is 0 Å². The number of carbonyl (C=O) groups excluding carboxylic acids is 1. The Morgan fingerprint density at radius 1 is 1.32 bits per heavy atom. The minimum absolute atomic E-state index is 0.187. The van der Waals surface area contributed by atoms with E-state index in [-0.39, 0.29) is 5.57 Å². The van der Waals surface area contributed by atoms with Crippen LogP contribution in [0.15, 0.2) is 36.5 Å². The number of carboxylic acid groups (broad SMARTS) is 2. The van der Waals surface area contributed by atoms with Crippen LogP contribution < -0.4 is 5.32 Å². The van der Waals surface area contributed by atoms with E-state index in [9.17, 15) is 14.4 Å². The molecule has 2 atom stereocenters. The molecule has 0 aromatic carbocycles. The van der Waals surface area contributed by atoms with Gasteiger partial charge in [0.2, 0.25) is 5.91 Å². The van der Waals surface area contributed by atoms with Gasteiger partial charge in [0.05, 0.1) is 11.1 Å². The van der Waals surface area contributed by atoms with Crippen LogP contribution in [0.5, 0.6) is 0 Å². The predicted molar refractivity (Wildman–Crippen MR) is 90.7 cm³/mol. The molecule has 1 aliphatic rings. The van der Waals surface area contributed by atoms with Crippen LogP contribution in [0, 0.1) is 5.92 Å². The topological polar surface area (TPSA) is 161 Å². The van der Waals surface area contributed by atoms with Crippen LogP contribution in [0.2, 0.25) is 0 Å². The lowest BCUT2D eigenvalue weighted by atomic mass is 9.75. The number of amides is 1. The zero-order valence-electron chi connectivity index (χ0n) is 14.2. The average Bonchev–Trinajstić information content (AvgIpc) is 2.46. The van der Waals surface area contributed by atoms with Crippen molar-refractivity contribution in [3.05, 3.63) is 36.5 Å². The predicted octanol–water partition coefficient (Wildman–Crippen LogP) is 1.37. The van der Waals surface area contributed by atoms with E-state index in [0.717, 1.165) is 6.08 Å². The van der Waals surface area contributed by atoms with E-state index in [1.165, 1.54) is 31.6 Å². The van der Waals surface area contributed by atoms with Crippen LogP contribution >= 0.6 is 8.25 Å².